The summed E-state index contributed by atoms with van der Waals surface area (Å²) in [7, 11) is 0. The first kappa shape index (κ1) is 26.0. The van der Waals surface area contributed by atoms with Gasteiger partial charge in [0, 0.05) is 44.4 Å². The van der Waals surface area contributed by atoms with Crippen molar-refractivity contribution in [3.05, 3.63) is 57.3 Å². The molecule has 0 amide bonds. The maximum Gasteiger partial charge on any atom is 0.206 e. The number of aliphatic hydroxyl groups excluding tert-OH is 1. The van der Waals surface area contributed by atoms with E-state index >= 15 is 0 Å². The molecule has 4 rings (SSSR count). The summed E-state index contributed by atoms with van der Waals surface area (Å²) in [5, 5.41) is 13.4. The standard InChI is InChI=1S/C22H25ClN6O2S.C2H6/c1-14-4-3-5-16(23)20(14)21(31)17-13-24-22(32-17)27-18-12-19(26-15(2)25-18)29-8-6-28(7-9-29)10-11-30;1-2/h3-5,12-13,30H,6-11H2,1-2H3,(H,24,25,26,27);1-2H3. The molecule has 182 valence electrons. The second-order valence-electron chi connectivity index (χ2n) is 7.63. The minimum Gasteiger partial charge on any atom is -0.395 e. The normalized spacial score (nSPS) is 13.9. The van der Waals surface area contributed by atoms with Crippen LogP contribution < -0.4 is 10.2 Å². The molecule has 3 aromatic rings. The third kappa shape index (κ3) is 6.29. The zero-order valence-electron chi connectivity index (χ0n) is 20.0. The van der Waals surface area contributed by atoms with Crippen molar-refractivity contribution in [3.63, 3.8) is 0 Å². The lowest BCUT2D eigenvalue weighted by atomic mass is 10.0. The van der Waals surface area contributed by atoms with Gasteiger partial charge in [-0.3, -0.25) is 9.69 Å². The first-order valence-corrected chi connectivity index (χ1v) is 12.6. The molecule has 0 saturated carbocycles. The minimum absolute atomic E-state index is 0.140. The highest BCUT2D eigenvalue weighted by Gasteiger charge is 2.20. The Morgan fingerprint density at radius 3 is 2.59 bits per heavy atom. The largest absolute Gasteiger partial charge is 0.395 e. The number of piperazine rings is 1. The number of carbonyl (C=O) groups excluding carboxylic acids is 1. The average Bonchev–Trinajstić information content (AvgIpc) is 3.29. The lowest BCUT2D eigenvalue weighted by Crippen LogP contribution is -2.47. The Balaban J connectivity index is 0.00000158. The van der Waals surface area contributed by atoms with E-state index in [0.29, 0.717) is 38.8 Å². The Kier molecular flexibility index (Phi) is 9.35. The number of carbonyl (C=O) groups is 1. The number of hydrogen-bond acceptors (Lipinski definition) is 9. The molecule has 0 spiro atoms. The highest BCUT2D eigenvalue weighted by molar-refractivity contribution is 7.17. The van der Waals surface area contributed by atoms with E-state index in [2.05, 4.69) is 30.1 Å². The van der Waals surface area contributed by atoms with E-state index in [9.17, 15) is 4.79 Å². The molecule has 0 atom stereocenters. The van der Waals surface area contributed by atoms with Gasteiger partial charge in [-0.15, -0.1) is 0 Å². The molecule has 3 heterocycles. The van der Waals surface area contributed by atoms with E-state index in [1.54, 1.807) is 12.3 Å². The molecule has 0 unspecified atom stereocenters. The Hall–Kier alpha value is -2.59. The number of aliphatic hydroxyl groups is 1. The number of hydrogen-bond donors (Lipinski definition) is 2. The second kappa shape index (κ2) is 12.2. The van der Waals surface area contributed by atoms with Crippen molar-refractivity contribution < 1.29 is 9.90 Å². The van der Waals surface area contributed by atoms with Gasteiger partial charge in [0.2, 0.25) is 5.78 Å². The monoisotopic (exact) mass is 502 g/mol. The lowest BCUT2D eigenvalue weighted by molar-refractivity contribution is 0.104. The van der Waals surface area contributed by atoms with Crippen molar-refractivity contribution in [1.82, 2.24) is 19.9 Å². The maximum atomic E-state index is 12.9. The molecule has 1 saturated heterocycles. The van der Waals surface area contributed by atoms with Gasteiger partial charge in [-0.1, -0.05) is 48.9 Å². The second-order valence-corrected chi connectivity index (χ2v) is 9.06. The molecule has 1 fully saturated rings. The van der Waals surface area contributed by atoms with Crippen molar-refractivity contribution in [2.75, 3.05) is 49.5 Å². The van der Waals surface area contributed by atoms with Gasteiger partial charge >= 0.3 is 0 Å². The number of anilines is 3. The van der Waals surface area contributed by atoms with Crippen LogP contribution in [0.3, 0.4) is 0 Å². The predicted molar refractivity (Wildman–Crippen MR) is 139 cm³/mol. The lowest BCUT2D eigenvalue weighted by Gasteiger charge is -2.35. The molecule has 34 heavy (non-hydrogen) atoms. The fraction of sp³-hybridized carbons (Fsp3) is 0.417. The van der Waals surface area contributed by atoms with Gasteiger partial charge in [-0.25, -0.2) is 15.0 Å². The van der Waals surface area contributed by atoms with E-state index in [0.717, 1.165) is 37.6 Å². The van der Waals surface area contributed by atoms with Gasteiger partial charge in [-0.05, 0) is 25.5 Å². The number of rotatable bonds is 7. The molecule has 0 aliphatic carbocycles. The highest BCUT2D eigenvalue weighted by atomic mass is 35.5. The Bertz CT molecular complexity index is 1090. The van der Waals surface area contributed by atoms with Crippen molar-refractivity contribution >= 4 is 45.5 Å². The van der Waals surface area contributed by atoms with Crippen LogP contribution in [0.15, 0.2) is 30.5 Å². The number of β-amino-alcohol motifs (C(OH)–C–C–N with tert-alkyl or cyclic N) is 1. The molecule has 2 aromatic heterocycles. The number of benzene rings is 1. The smallest absolute Gasteiger partial charge is 0.206 e. The van der Waals surface area contributed by atoms with Crippen LogP contribution >= 0.6 is 22.9 Å². The summed E-state index contributed by atoms with van der Waals surface area (Å²) in [6.45, 7) is 12.0. The fourth-order valence-electron chi connectivity index (χ4n) is 3.71. The molecule has 1 aliphatic heterocycles. The molecule has 10 heteroatoms. The topological polar surface area (TPSA) is 94.5 Å². The minimum atomic E-state index is -0.140. The molecule has 1 aromatic carbocycles. The van der Waals surface area contributed by atoms with Crippen LogP contribution in [0, 0.1) is 13.8 Å². The quantitative estimate of drug-likeness (QED) is 0.461. The summed E-state index contributed by atoms with van der Waals surface area (Å²) in [6.07, 6.45) is 1.56. The van der Waals surface area contributed by atoms with E-state index in [1.807, 2.05) is 45.9 Å². The molecular weight excluding hydrogens is 472 g/mol. The summed E-state index contributed by atoms with van der Waals surface area (Å²) in [5.41, 5.74) is 1.34. The van der Waals surface area contributed by atoms with Crippen LogP contribution in [-0.4, -0.2) is 70.1 Å². The summed E-state index contributed by atoms with van der Waals surface area (Å²) >= 11 is 7.52. The summed E-state index contributed by atoms with van der Waals surface area (Å²) in [5.74, 6) is 2.00. The number of aryl methyl sites for hydroxylation is 2. The third-order valence-electron chi connectivity index (χ3n) is 5.35. The zero-order valence-corrected chi connectivity index (χ0v) is 21.6. The molecule has 0 radical (unpaired) electrons. The van der Waals surface area contributed by atoms with Crippen molar-refractivity contribution in [3.8, 4) is 0 Å². The van der Waals surface area contributed by atoms with E-state index in [1.165, 1.54) is 11.3 Å². The van der Waals surface area contributed by atoms with Crippen LogP contribution in [0.4, 0.5) is 16.8 Å². The number of thiazole rings is 1. The predicted octanol–water partition coefficient (Wildman–Crippen LogP) is 4.32. The van der Waals surface area contributed by atoms with Crippen molar-refractivity contribution in [2.24, 2.45) is 0 Å². The number of aromatic nitrogens is 3. The fourth-order valence-corrected chi connectivity index (χ4v) is 4.79. The maximum absolute atomic E-state index is 12.9. The number of nitrogens with zero attached hydrogens (tertiary/aromatic N) is 5. The third-order valence-corrected chi connectivity index (χ3v) is 6.58. The van der Waals surface area contributed by atoms with Crippen LogP contribution in [0.25, 0.3) is 0 Å². The average molecular weight is 503 g/mol. The molecule has 8 nitrogen and oxygen atoms in total. The molecule has 2 N–H and O–H groups in total. The van der Waals surface area contributed by atoms with Crippen LogP contribution in [0.5, 0.6) is 0 Å². The molecular formula is C24H31ClN6O2S. The molecule has 1 aliphatic rings. The number of nitrogens with one attached hydrogen (secondary N) is 1. The van der Waals surface area contributed by atoms with Gasteiger partial charge < -0.3 is 15.3 Å². The van der Waals surface area contributed by atoms with Crippen LogP contribution in [0.1, 0.15) is 40.5 Å². The van der Waals surface area contributed by atoms with Crippen molar-refractivity contribution in [1.29, 1.82) is 0 Å². The summed E-state index contributed by atoms with van der Waals surface area (Å²) in [4.78, 5) is 31.3. The van der Waals surface area contributed by atoms with Gasteiger partial charge in [0.05, 0.1) is 22.7 Å². The summed E-state index contributed by atoms with van der Waals surface area (Å²) in [6, 6.07) is 7.32. The van der Waals surface area contributed by atoms with Gasteiger partial charge in [0.15, 0.2) is 5.13 Å². The first-order valence-electron chi connectivity index (χ1n) is 11.4. The van der Waals surface area contributed by atoms with Crippen LogP contribution in [0.2, 0.25) is 5.02 Å². The summed E-state index contributed by atoms with van der Waals surface area (Å²) < 4.78 is 0. The number of halogens is 1. The zero-order chi connectivity index (χ0) is 24.7. The van der Waals surface area contributed by atoms with Crippen molar-refractivity contribution in [2.45, 2.75) is 27.7 Å². The van der Waals surface area contributed by atoms with Crippen LogP contribution in [-0.2, 0) is 0 Å². The van der Waals surface area contributed by atoms with E-state index in [4.69, 9.17) is 16.7 Å². The Morgan fingerprint density at radius 2 is 1.91 bits per heavy atom. The highest BCUT2D eigenvalue weighted by Crippen LogP contribution is 2.29. The SMILES string of the molecule is CC.Cc1nc(Nc2ncc(C(=O)c3c(C)cccc3Cl)s2)cc(N2CCN(CCO)CC2)n1. The van der Waals surface area contributed by atoms with E-state index < -0.39 is 0 Å². The van der Waals surface area contributed by atoms with Gasteiger partial charge in [0.25, 0.3) is 0 Å². The van der Waals surface area contributed by atoms with Gasteiger partial charge in [0.1, 0.15) is 17.5 Å². The Labute approximate surface area is 209 Å². The number of ketones is 1. The Morgan fingerprint density at radius 1 is 1.18 bits per heavy atom. The molecule has 0 bridgehead atoms. The first-order chi connectivity index (χ1) is 16.4. The van der Waals surface area contributed by atoms with Gasteiger partial charge in [-0.2, -0.15) is 0 Å². The van der Waals surface area contributed by atoms with E-state index in [-0.39, 0.29) is 12.4 Å².